The molecule has 1 unspecified atom stereocenters. The van der Waals surface area contributed by atoms with E-state index in [1.165, 1.54) is 0 Å². The lowest BCUT2D eigenvalue weighted by Crippen LogP contribution is -2.47. The summed E-state index contributed by atoms with van der Waals surface area (Å²) in [4.78, 5) is 15.1. The number of rotatable bonds is 5. The monoisotopic (exact) mass is 294 g/mol. The van der Waals surface area contributed by atoms with Crippen LogP contribution in [0.5, 0.6) is 0 Å². The molecular formula is C16H23FN2O2. The van der Waals surface area contributed by atoms with E-state index < -0.39 is 5.97 Å². The van der Waals surface area contributed by atoms with Gasteiger partial charge in [-0.3, -0.25) is 9.69 Å². The molecule has 1 N–H and O–H groups in total. The van der Waals surface area contributed by atoms with Gasteiger partial charge in [0, 0.05) is 38.8 Å². The first kappa shape index (κ1) is 15.9. The summed E-state index contributed by atoms with van der Waals surface area (Å²) < 4.78 is 13.7. The average molecular weight is 294 g/mol. The van der Waals surface area contributed by atoms with E-state index in [2.05, 4.69) is 16.7 Å². The van der Waals surface area contributed by atoms with E-state index in [1.807, 2.05) is 12.1 Å². The van der Waals surface area contributed by atoms with Crippen LogP contribution in [0.3, 0.4) is 0 Å². The zero-order valence-electron chi connectivity index (χ0n) is 12.7. The van der Waals surface area contributed by atoms with Crippen molar-refractivity contribution >= 4 is 5.97 Å². The molecular weight excluding hydrogens is 271 g/mol. The van der Waals surface area contributed by atoms with Crippen LogP contribution in [0.1, 0.15) is 30.5 Å². The summed E-state index contributed by atoms with van der Waals surface area (Å²) in [7, 11) is 0. The quantitative estimate of drug-likeness (QED) is 0.905. The van der Waals surface area contributed by atoms with Gasteiger partial charge in [0.15, 0.2) is 0 Å². The molecule has 116 valence electrons. The van der Waals surface area contributed by atoms with Gasteiger partial charge in [0.25, 0.3) is 0 Å². The maximum Gasteiger partial charge on any atom is 0.304 e. The minimum atomic E-state index is -0.749. The van der Waals surface area contributed by atoms with Crippen LogP contribution in [0, 0.1) is 12.7 Å². The second-order valence-corrected chi connectivity index (χ2v) is 5.71. The highest BCUT2D eigenvalue weighted by Crippen LogP contribution is 2.23. The molecule has 1 fully saturated rings. The van der Waals surface area contributed by atoms with Gasteiger partial charge in [-0.25, -0.2) is 4.39 Å². The Morgan fingerprint density at radius 2 is 2.00 bits per heavy atom. The molecule has 21 heavy (non-hydrogen) atoms. The topological polar surface area (TPSA) is 43.8 Å². The number of hydrogen-bond acceptors (Lipinski definition) is 3. The predicted octanol–water partition coefficient (Wildman–Crippen LogP) is 2.29. The van der Waals surface area contributed by atoms with E-state index in [4.69, 9.17) is 5.11 Å². The second-order valence-electron chi connectivity index (χ2n) is 5.71. The molecule has 0 radical (unpaired) electrons. The molecule has 1 saturated heterocycles. The standard InChI is InChI=1S/C16H23FN2O2/c1-12-3-4-14(11-15(12)17)13(2)19-9-7-18(8-10-19)6-5-16(20)21/h3-4,11,13H,5-10H2,1-2H3,(H,20,21). The van der Waals surface area contributed by atoms with Gasteiger partial charge in [-0.05, 0) is 31.0 Å². The molecule has 0 aromatic heterocycles. The van der Waals surface area contributed by atoms with Crippen LogP contribution in [-0.4, -0.2) is 53.6 Å². The van der Waals surface area contributed by atoms with Crippen LogP contribution in [0.4, 0.5) is 4.39 Å². The number of halogens is 1. The zero-order chi connectivity index (χ0) is 15.4. The van der Waals surface area contributed by atoms with Crippen LogP contribution in [-0.2, 0) is 4.79 Å². The fourth-order valence-corrected chi connectivity index (χ4v) is 2.71. The number of piperazine rings is 1. The Balaban J connectivity index is 1.89. The van der Waals surface area contributed by atoms with Gasteiger partial charge in [0.05, 0.1) is 6.42 Å². The molecule has 1 aliphatic heterocycles. The highest BCUT2D eigenvalue weighted by molar-refractivity contribution is 5.66. The molecule has 1 heterocycles. The molecule has 1 aromatic rings. The van der Waals surface area contributed by atoms with E-state index >= 15 is 0 Å². The smallest absolute Gasteiger partial charge is 0.304 e. The zero-order valence-corrected chi connectivity index (χ0v) is 12.7. The molecule has 4 nitrogen and oxygen atoms in total. The van der Waals surface area contributed by atoms with E-state index in [0.717, 1.165) is 31.7 Å². The van der Waals surface area contributed by atoms with Crippen molar-refractivity contribution in [2.24, 2.45) is 0 Å². The largest absolute Gasteiger partial charge is 0.481 e. The summed E-state index contributed by atoms with van der Waals surface area (Å²) in [6.07, 6.45) is 0.193. The Labute approximate surface area is 125 Å². The predicted molar refractivity (Wildman–Crippen MR) is 79.8 cm³/mol. The van der Waals surface area contributed by atoms with E-state index in [9.17, 15) is 9.18 Å². The first-order chi connectivity index (χ1) is 9.97. The molecule has 1 aromatic carbocycles. The highest BCUT2D eigenvalue weighted by atomic mass is 19.1. The lowest BCUT2D eigenvalue weighted by molar-refractivity contribution is -0.137. The number of aryl methyl sites for hydroxylation is 1. The maximum atomic E-state index is 13.7. The summed E-state index contributed by atoms with van der Waals surface area (Å²) in [6, 6.07) is 5.61. The Hall–Kier alpha value is -1.46. The molecule has 0 saturated carbocycles. The summed E-state index contributed by atoms with van der Waals surface area (Å²) in [5.41, 5.74) is 1.67. The number of nitrogens with zero attached hydrogens (tertiary/aromatic N) is 2. The molecule has 5 heteroatoms. The minimum Gasteiger partial charge on any atom is -0.481 e. The Kier molecular flexibility index (Phi) is 5.31. The summed E-state index contributed by atoms with van der Waals surface area (Å²) in [5.74, 6) is -0.902. The summed E-state index contributed by atoms with van der Waals surface area (Å²) >= 11 is 0. The first-order valence-electron chi connectivity index (χ1n) is 7.41. The molecule has 2 rings (SSSR count). The van der Waals surface area contributed by atoms with Crippen molar-refractivity contribution in [1.29, 1.82) is 0 Å². The molecule has 0 amide bonds. The number of carboxylic acids is 1. The third-order valence-corrected chi connectivity index (χ3v) is 4.27. The molecule has 1 atom stereocenters. The fraction of sp³-hybridized carbons (Fsp3) is 0.562. The summed E-state index contributed by atoms with van der Waals surface area (Å²) in [5, 5.41) is 8.71. The molecule has 0 aliphatic carbocycles. The van der Waals surface area contributed by atoms with Crippen LogP contribution in [0.2, 0.25) is 0 Å². The van der Waals surface area contributed by atoms with Crippen LogP contribution in [0.15, 0.2) is 18.2 Å². The van der Waals surface area contributed by atoms with Crippen molar-refractivity contribution < 1.29 is 14.3 Å². The van der Waals surface area contributed by atoms with Gasteiger partial charge < -0.3 is 10.0 Å². The molecule has 0 bridgehead atoms. The van der Waals surface area contributed by atoms with E-state index in [-0.39, 0.29) is 18.3 Å². The van der Waals surface area contributed by atoms with Crippen molar-refractivity contribution in [3.8, 4) is 0 Å². The van der Waals surface area contributed by atoms with Crippen LogP contribution >= 0.6 is 0 Å². The summed E-state index contributed by atoms with van der Waals surface area (Å²) in [6.45, 7) is 7.98. The number of carbonyl (C=O) groups is 1. The number of aliphatic carboxylic acids is 1. The Morgan fingerprint density at radius 1 is 1.33 bits per heavy atom. The van der Waals surface area contributed by atoms with Crippen molar-refractivity contribution in [2.45, 2.75) is 26.3 Å². The van der Waals surface area contributed by atoms with E-state index in [0.29, 0.717) is 12.1 Å². The minimum absolute atomic E-state index is 0.153. The first-order valence-corrected chi connectivity index (χ1v) is 7.41. The normalized spacial score (nSPS) is 18.6. The van der Waals surface area contributed by atoms with Crippen LogP contribution < -0.4 is 0 Å². The van der Waals surface area contributed by atoms with Crippen molar-refractivity contribution in [2.75, 3.05) is 32.7 Å². The van der Waals surface area contributed by atoms with Crippen molar-refractivity contribution in [3.63, 3.8) is 0 Å². The maximum absolute atomic E-state index is 13.7. The van der Waals surface area contributed by atoms with Crippen molar-refractivity contribution in [3.05, 3.63) is 35.1 Å². The molecule has 1 aliphatic rings. The number of hydrogen-bond donors (Lipinski definition) is 1. The SMILES string of the molecule is Cc1ccc(C(C)N2CCN(CCC(=O)O)CC2)cc1F. The fourth-order valence-electron chi connectivity index (χ4n) is 2.71. The van der Waals surface area contributed by atoms with Gasteiger partial charge in [0.2, 0.25) is 0 Å². The Bertz CT molecular complexity index is 499. The van der Waals surface area contributed by atoms with Crippen LogP contribution in [0.25, 0.3) is 0 Å². The van der Waals surface area contributed by atoms with Gasteiger partial charge in [-0.2, -0.15) is 0 Å². The highest BCUT2D eigenvalue weighted by Gasteiger charge is 2.22. The van der Waals surface area contributed by atoms with Gasteiger partial charge >= 0.3 is 5.97 Å². The number of carboxylic acid groups (broad SMARTS) is 1. The lowest BCUT2D eigenvalue weighted by atomic mass is 10.0. The van der Waals surface area contributed by atoms with E-state index in [1.54, 1.807) is 13.0 Å². The second kappa shape index (κ2) is 7.00. The number of benzene rings is 1. The van der Waals surface area contributed by atoms with Gasteiger partial charge in [-0.1, -0.05) is 12.1 Å². The Morgan fingerprint density at radius 3 is 2.57 bits per heavy atom. The molecule has 0 spiro atoms. The third-order valence-electron chi connectivity index (χ3n) is 4.27. The average Bonchev–Trinajstić information content (AvgIpc) is 2.48. The lowest BCUT2D eigenvalue weighted by Gasteiger charge is -2.38. The van der Waals surface area contributed by atoms with Gasteiger partial charge in [0.1, 0.15) is 5.82 Å². The van der Waals surface area contributed by atoms with Gasteiger partial charge in [-0.15, -0.1) is 0 Å². The van der Waals surface area contributed by atoms with Crippen molar-refractivity contribution in [1.82, 2.24) is 9.80 Å². The third kappa shape index (κ3) is 4.25.